The molecule has 4 rings (SSSR count). The van der Waals surface area contributed by atoms with Crippen molar-refractivity contribution in [3.8, 4) is 0 Å². The minimum atomic E-state index is -3.72. The van der Waals surface area contributed by atoms with Crippen LogP contribution in [0.3, 0.4) is 0 Å². The van der Waals surface area contributed by atoms with Crippen LogP contribution in [-0.4, -0.2) is 29.6 Å². The molecule has 7 nitrogen and oxygen atoms in total. The summed E-state index contributed by atoms with van der Waals surface area (Å²) < 4.78 is 35.7. The monoisotopic (exact) mass is 426 g/mol. The van der Waals surface area contributed by atoms with E-state index in [0.717, 1.165) is 28.2 Å². The summed E-state index contributed by atoms with van der Waals surface area (Å²) in [5, 5.41) is 5.00. The van der Waals surface area contributed by atoms with Crippen molar-refractivity contribution < 1.29 is 13.2 Å². The molecule has 0 spiro atoms. The van der Waals surface area contributed by atoms with Gasteiger partial charge in [0.1, 0.15) is 15.9 Å². The minimum Gasteiger partial charge on any atom is -0.326 e. The molecule has 0 radical (unpaired) electrons. The van der Waals surface area contributed by atoms with Gasteiger partial charge in [-0.05, 0) is 41.5 Å². The summed E-state index contributed by atoms with van der Waals surface area (Å²) in [6.07, 6.45) is 0.585. The molecular formula is C20H18N4O3S2. The van der Waals surface area contributed by atoms with Crippen molar-refractivity contribution in [2.75, 3.05) is 11.9 Å². The number of nitrogens with one attached hydrogen (secondary N) is 2. The lowest BCUT2D eigenvalue weighted by molar-refractivity contribution is -0.116. The lowest BCUT2D eigenvalue weighted by atomic mass is 10.1. The Balaban J connectivity index is 1.31. The van der Waals surface area contributed by atoms with Crippen molar-refractivity contribution in [3.63, 3.8) is 0 Å². The van der Waals surface area contributed by atoms with Gasteiger partial charge in [-0.15, -0.1) is 0 Å². The van der Waals surface area contributed by atoms with E-state index in [1.165, 1.54) is 6.07 Å². The molecule has 0 unspecified atom stereocenters. The molecule has 1 amide bonds. The van der Waals surface area contributed by atoms with Crippen molar-refractivity contribution in [2.45, 2.75) is 17.7 Å². The van der Waals surface area contributed by atoms with E-state index in [1.807, 2.05) is 42.5 Å². The standard InChI is InChI=1S/C20H18N4O3S2/c25-19(22-16-11-10-14-5-1-2-6-15(14)13-16)9-4-12-21-29(26,27)18-8-3-7-17-20(18)24-28-23-17/h1-3,5-8,10-11,13,21H,4,9,12H2,(H,22,25). The predicted molar refractivity (Wildman–Crippen MR) is 114 cm³/mol. The van der Waals surface area contributed by atoms with Crippen LogP contribution in [0.2, 0.25) is 0 Å². The Morgan fingerprint density at radius 2 is 1.79 bits per heavy atom. The molecule has 0 aliphatic rings. The van der Waals surface area contributed by atoms with Crippen molar-refractivity contribution in [3.05, 3.63) is 60.7 Å². The van der Waals surface area contributed by atoms with Crippen molar-refractivity contribution in [1.82, 2.24) is 13.5 Å². The van der Waals surface area contributed by atoms with Gasteiger partial charge in [-0.3, -0.25) is 4.79 Å². The van der Waals surface area contributed by atoms with Crippen LogP contribution < -0.4 is 10.0 Å². The molecule has 0 atom stereocenters. The Bertz CT molecular complexity index is 1290. The van der Waals surface area contributed by atoms with Crippen LogP contribution in [-0.2, 0) is 14.8 Å². The van der Waals surface area contributed by atoms with E-state index in [2.05, 4.69) is 18.8 Å². The smallest absolute Gasteiger partial charge is 0.242 e. The predicted octanol–water partition coefficient (Wildman–Crippen LogP) is 3.54. The Morgan fingerprint density at radius 1 is 0.966 bits per heavy atom. The molecule has 0 saturated heterocycles. The van der Waals surface area contributed by atoms with Crippen LogP contribution in [0, 0.1) is 0 Å². The molecule has 0 aliphatic carbocycles. The summed E-state index contributed by atoms with van der Waals surface area (Å²) in [6, 6.07) is 18.5. The lowest BCUT2D eigenvalue weighted by Gasteiger charge is -2.08. The second-order valence-electron chi connectivity index (χ2n) is 6.50. The van der Waals surface area contributed by atoms with Gasteiger partial charge in [-0.25, -0.2) is 13.1 Å². The number of fused-ring (bicyclic) bond motifs is 2. The first kappa shape index (κ1) is 19.4. The first-order valence-electron chi connectivity index (χ1n) is 9.02. The fourth-order valence-electron chi connectivity index (χ4n) is 3.02. The molecule has 9 heteroatoms. The van der Waals surface area contributed by atoms with E-state index in [1.54, 1.807) is 12.1 Å². The van der Waals surface area contributed by atoms with E-state index in [4.69, 9.17) is 0 Å². The highest BCUT2D eigenvalue weighted by Gasteiger charge is 2.19. The SMILES string of the molecule is O=C(CCCNS(=O)(=O)c1cccc2nsnc12)Nc1ccc2ccccc2c1. The number of nitrogens with zero attached hydrogens (tertiary/aromatic N) is 2. The molecular weight excluding hydrogens is 408 g/mol. The normalized spacial score (nSPS) is 11.7. The van der Waals surface area contributed by atoms with E-state index in [-0.39, 0.29) is 23.8 Å². The van der Waals surface area contributed by atoms with Crippen LogP contribution >= 0.6 is 11.7 Å². The number of aromatic nitrogens is 2. The van der Waals surface area contributed by atoms with Crippen LogP contribution in [0.1, 0.15) is 12.8 Å². The molecule has 0 bridgehead atoms. The maximum atomic E-state index is 12.5. The van der Waals surface area contributed by atoms with Crippen molar-refractivity contribution in [1.29, 1.82) is 0 Å². The van der Waals surface area contributed by atoms with E-state index >= 15 is 0 Å². The van der Waals surface area contributed by atoms with Gasteiger partial charge in [0.05, 0.1) is 11.7 Å². The molecule has 3 aromatic carbocycles. The lowest BCUT2D eigenvalue weighted by Crippen LogP contribution is -2.26. The largest absolute Gasteiger partial charge is 0.326 e. The Labute approximate surface area is 172 Å². The number of anilines is 1. The van der Waals surface area contributed by atoms with Crippen molar-refractivity contribution >= 4 is 55.2 Å². The summed E-state index contributed by atoms with van der Waals surface area (Å²) in [4.78, 5) is 12.3. The average molecular weight is 427 g/mol. The number of sulfonamides is 1. The van der Waals surface area contributed by atoms with Gasteiger partial charge < -0.3 is 5.32 Å². The fourth-order valence-corrected chi connectivity index (χ4v) is 4.86. The molecule has 1 heterocycles. The Kier molecular flexibility index (Phi) is 5.52. The third-order valence-electron chi connectivity index (χ3n) is 4.44. The molecule has 0 fully saturated rings. The first-order valence-corrected chi connectivity index (χ1v) is 11.2. The number of hydrogen-bond acceptors (Lipinski definition) is 6. The highest BCUT2D eigenvalue weighted by Crippen LogP contribution is 2.21. The van der Waals surface area contributed by atoms with Gasteiger partial charge in [0, 0.05) is 18.7 Å². The third-order valence-corrected chi connectivity index (χ3v) is 6.48. The third kappa shape index (κ3) is 4.42. The van der Waals surface area contributed by atoms with E-state index in [9.17, 15) is 13.2 Å². The number of carbonyl (C=O) groups excluding carboxylic acids is 1. The number of hydrogen-bond donors (Lipinski definition) is 2. The Hall–Kier alpha value is -2.88. The number of rotatable bonds is 7. The first-order chi connectivity index (χ1) is 14.0. The summed E-state index contributed by atoms with van der Waals surface area (Å²) in [5.74, 6) is -0.162. The van der Waals surface area contributed by atoms with Gasteiger partial charge in [0.15, 0.2) is 0 Å². The van der Waals surface area contributed by atoms with Crippen LogP contribution in [0.25, 0.3) is 21.8 Å². The molecule has 29 heavy (non-hydrogen) atoms. The maximum absolute atomic E-state index is 12.5. The summed E-state index contributed by atoms with van der Waals surface area (Å²) >= 11 is 0.972. The quantitative estimate of drug-likeness (QED) is 0.440. The molecule has 1 aromatic heterocycles. The maximum Gasteiger partial charge on any atom is 0.242 e. The highest BCUT2D eigenvalue weighted by atomic mass is 32.2. The molecule has 0 aliphatic heterocycles. The van der Waals surface area contributed by atoms with Crippen LogP contribution in [0.15, 0.2) is 65.6 Å². The topological polar surface area (TPSA) is 101 Å². The summed E-state index contributed by atoms with van der Waals surface area (Å²) in [7, 11) is -3.72. The minimum absolute atomic E-state index is 0.101. The zero-order valence-electron chi connectivity index (χ0n) is 15.3. The van der Waals surface area contributed by atoms with E-state index in [0.29, 0.717) is 17.5 Å². The van der Waals surface area contributed by atoms with Crippen molar-refractivity contribution in [2.24, 2.45) is 0 Å². The molecule has 148 valence electrons. The number of carbonyl (C=O) groups is 1. The van der Waals surface area contributed by atoms with Gasteiger partial charge >= 0.3 is 0 Å². The molecule has 2 N–H and O–H groups in total. The zero-order valence-corrected chi connectivity index (χ0v) is 17.0. The van der Waals surface area contributed by atoms with Crippen LogP contribution in [0.5, 0.6) is 0 Å². The Morgan fingerprint density at radius 3 is 2.66 bits per heavy atom. The zero-order chi connectivity index (χ0) is 20.3. The number of benzene rings is 3. The second kappa shape index (κ2) is 8.24. The second-order valence-corrected chi connectivity index (χ2v) is 8.76. The van der Waals surface area contributed by atoms with Gasteiger partial charge in [-0.1, -0.05) is 36.4 Å². The molecule has 4 aromatic rings. The highest BCUT2D eigenvalue weighted by molar-refractivity contribution is 7.89. The van der Waals surface area contributed by atoms with Crippen LogP contribution in [0.4, 0.5) is 5.69 Å². The fraction of sp³-hybridized carbons (Fsp3) is 0.150. The summed E-state index contributed by atoms with van der Waals surface area (Å²) in [5.41, 5.74) is 1.63. The van der Waals surface area contributed by atoms with E-state index < -0.39 is 10.0 Å². The average Bonchev–Trinajstić information content (AvgIpc) is 3.20. The number of amides is 1. The van der Waals surface area contributed by atoms with Gasteiger partial charge in [0.25, 0.3) is 0 Å². The molecule has 0 saturated carbocycles. The van der Waals surface area contributed by atoms with Gasteiger partial charge in [0.2, 0.25) is 15.9 Å². The van der Waals surface area contributed by atoms with Gasteiger partial charge in [-0.2, -0.15) is 8.75 Å². The summed E-state index contributed by atoms with van der Waals surface area (Å²) in [6.45, 7) is 0.154.